The minimum atomic E-state index is -0.481. The summed E-state index contributed by atoms with van der Waals surface area (Å²) < 4.78 is 5.18. The molecule has 0 unspecified atom stereocenters. The number of rotatable bonds is 5. The van der Waals surface area contributed by atoms with E-state index in [2.05, 4.69) is 29.1 Å². The molecule has 0 fully saturated rings. The van der Waals surface area contributed by atoms with E-state index in [1.165, 1.54) is 0 Å². The van der Waals surface area contributed by atoms with Gasteiger partial charge in [0, 0.05) is 32.0 Å². The zero-order chi connectivity index (χ0) is 16.0. The molecule has 1 rings (SSSR count). The largest absolute Gasteiger partial charge is 0.444 e. The molecule has 21 heavy (non-hydrogen) atoms. The predicted octanol–water partition coefficient (Wildman–Crippen LogP) is 2.56. The first-order valence-electron chi connectivity index (χ1n) is 7.20. The third kappa shape index (κ3) is 6.42. The van der Waals surface area contributed by atoms with E-state index < -0.39 is 11.7 Å². The van der Waals surface area contributed by atoms with Crippen LogP contribution in [0.15, 0.2) is 12.3 Å². The molecule has 0 aliphatic carbocycles. The van der Waals surface area contributed by atoms with Gasteiger partial charge in [-0.05, 0) is 32.8 Å². The van der Waals surface area contributed by atoms with Crippen LogP contribution in [0.1, 0.15) is 46.2 Å². The highest BCUT2D eigenvalue weighted by Gasteiger charge is 2.16. The molecular weight excluding hydrogens is 268 g/mol. The molecule has 0 radical (unpaired) electrons. The summed E-state index contributed by atoms with van der Waals surface area (Å²) in [7, 11) is 1.90. The Morgan fingerprint density at radius 3 is 2.67 bits per heavy atom. The van der Waals surface area contributed by atoms with Crippen LogP contribution in [-0.2, 0) is 4.74 Å². The maximum absolute atomic E-state index is 11.5. The van der Waals surface area contributed by atoms with Crippen molar-refractivity contribution in [3.63, 3.8) is 0 Å². The van der Waals surface area contributed by atoms with Gasteiger partial charge in [-0.25, -0.2) is 14.8 Å². The first-order chi connectivity index (χ1) is 9.69. The highest BCUT2D eigenvalue weighted by atomic mass is 16.6. The zero-order valence-electron chi connectivity index (χ0n) is 13.8. The number of hydrogen-bond donors (Lipinski definition) is 1. The van der Waals surface area contributed by atoms with Gasteiger partial charge in [0.25, 0.3) is 0 Å². The molecule has 6 nitrogen and oxygen atoms in total. The molecule has 0 aliphatic heterocycles. The molecule has 0 saturated carbocycles. The van der Waals surface area contributed by atoms with Gasteiger partial charge in [0.1, 0.15) is 5.60 Å². The second-order valence-electron chi connectivity index (χ2n) is 6.29. The smallest absolute Gasteiger partial charge is 0.407 e. The summed E-state index contributed by atoms with van der Waals surface area (Å²) in [6.45, 7) is 10.8. The Hall–Kier alpha value is -1.85. The van der Waals surface area contributed by atoms with Gasteiger partial charge in [-0.3, -0.25) is 0 Å². The summed E-state index contributed by atoms with van der Waals surface area (Å²) >= 11 is 0. The van der Waals surface area contributed by atoms with Gasteiger partial charge in [0.2, 0.25) is 5.95 Å². The topological polar surface area (TPSA) is 67.4 Å². The number of likely N-dealkylation sites (N-methyl/N-ethyl adjacent to an activating group) is 1. The van der Waals surface area contributed by atoms with E-state index in [1.54, 1.807) is 6.20 Å². The summed E-state index contributed by atoms with van der Waals surface area (Å²) in [5, 5.41) is 2.72. The second-order valence-corrected chi connectivity index (χ2v) is 6.29. The molecule has 0 bridgehead atoms. The van der Waals surface area contributed by atoms with Crippen molar-refractivity contribution < 1.29 is 9.53 Å². The zero-order valence-corrected chi connectivity index (χ0v) is 13.8. The highest BCUT2D eigenvalue weighted by molar-refractivity contribution is 5.67. The fourth-order valence-corrected chi connectivity index (χ4v) is 1.61. The van der Waals surface area contributed by atoms with E-state index in [-0.39, 0.29) is 0 Å². The number of carbonyl (C=O) groups is 1. The number of hydrogen-bond acceptors (Lipinski definition) is 5. The van der Waals surface area contributed by atoms with E-state index in [4.69, 9.17) is 4.74 Å². The Kier molecular flexibility index (Phi) is 5.93. The Bertz CT molecular complexity index is 469. The average Bonchev–Trinajstić information content (AvgIpc) is 2.36. The quantitative estimate of drug-likeness (QED) is 0.904. The Morgan fingerprint density at radius 2 is 2.10 bits per heavy atom. The number of amides is 1. The summed E-state index contributed by atoms with van der Waals surface area (Å²) in [5.41, 5.74) is 0.525. The summed E-state index contributed by atoms with van der Waals surface area (Å²) in [4.78, 5) is 22.2. The molecule has 1 heterocycles. The van der Waals surface area contributed by atoms with E-state index in [0.29, 0.717) is 25.0 Å². The summed E-state index contributed by atoms with van der Waals surface area (Å²) in [5.74, 6) is 1.02. The van der Waals surface area contributed by atoms with E-state index in [0.717, 1.165) is 5.69 Å². The minimum Gasteiger partial charge on any atom is -0.444 e. The number of anilines is 1. The van der Waals surface area contributed by atoms with Gasteiger partial charge in [-0.2, -0.15) is 0 Å². The highest BCUT2D eigenvalue weighted by Crippen LogP contribution is 2.13. The van der Waals surface area contributed by atoms with Crippen LogP contribution in [-0.4, -0.2) is 41.8 Å². The van der Waals surface area contributed by atoms with Crippen molar-refractivity contribution in [1.29, 1.82) is 0 Å². The lowest BCUT2D eigenvalue weighted by molar-refractivity contribution is 0.0529. The number of carbonyl (C=O) groups excluding carboxylic acids is 1. The number of nitrogens with one attached hydrogen (secondary N) is 1. The van der Waals surface area contributed by atoms with Gasteiger partial charge >= 0.3 is 6.09 Å². The minimum absolute atomic E-state index is 0.361. The van der Waals surface area contributed by atoms with E-state index in [1.807, 2.05) is 38.8 Å². The number of nitrogens with zero attached hydrogens (tertiary/aromatic N) is 3. The lowest BCUT2D eigenvalue weighted by atomic mass is 10.1. The second kappa shape index (κ2) is 7.24. The molecule has 1 aromatic heterocycles. The Balaban J connectivity index is 2.45. The Labute approximate surface area is 126 Å². The van der Waals surface area contributed by atoms with E-state index in [9.17, 15) is 4.79 Å². The van der Waals surface area contributed by atoms with Gasteiger partial charge in [0.05, 0.1) is 0 Å². The third-order valence-corrected chi connectivity index (χ3v) is 2.71. The van der Waals surface area contributed by atoms with Crippen LogP contribution in [0.3, 0.4) is 0 Å². The molecule has 0 spiro atoms. The van der Waals surface area contributed by atoms with Crippen LogP contribution in [0.2, 0.25) is 0 Å². The summed E-state index contributed by atoms with van der Waals surface area (Å²) in [6, 6.07) is 1.92. The third-order valence-electron chi connectivity index (χ3n) is 2.71. The molecule has 1 aromatic rings. The maximum atomic E-state index is 11.5. The molecule has 0 atom stereocenters. The van der Waals surface area contributed by atoms with Gasteiger partial charge in [-0.15, -0.1) is 0 Å². The van der Waals surface area contributed by atoms with Crippen molar-refractivity contribution in [3.8, 4) is 0 Å². The number of aromatic nitrogens is 2. The predicted molar refractivity (Wildman–Crippen MR) is 83.6 cm³/mol. The molecule has 0 saturated heterocycles. The van der Waals surface area contributed by atoms with Crippen molar-refractivity contribution in [1.82, 2.24) is 15.3 Å². The van der Waals surface area contributed by atoms with E-state index >= 15 is 0 Å². The van der Waals surface area contributed by atoms with Crippen LogP contribution in [0.5, 0.6) is 0 Å². The first-order valence-corrected chi connectivity index (χ1v) is 7.20. The molecular formula is C15H26N4O2. The van der Waals surface area contributed by atoms with Crippen molar-refractivity contribution >= 4 is 12.0 Å². The molecule has 0 aromatic carbocycles. The fourth-order valence-electron chi connectivity index (χ4n) is 1.61. The molecule has 6 heteroatoms. The van der Waals surface area contributed by atoms with Gasteiger partial charge in [-0.1, -0.05) is 13.8 Å². The summed E-state index contributed by atoms with van der Waals surface area (Å²) in [6.07, 6.45) is 1.35. The van der Waals surface area contributed by atoms with Gasteiger partial charge < -0.3 is 15.0 Å². The molecule has 1 N–H and O–H groups in total. The molecule has 118 valence electrons. The van der Waals surface area contributed by atoms with Crippen LogP contribution in [0.25, 0.3) is 0 Å². The molecule has 1 amide bonds. The lowest BCUT2D eigenvalue weighted by Gasteiger charge is -2.21. The number of ether oxygens (including phenoxy) is 1. The SMILES string of the molecule is CC(C)c1ccnc(N(C)CCNC(=O)OC(C)(C)C)n1. The van der Waals surface area contributed by atoms with Gasteiger partial charge in [0.15, 0.2) is 0 Å². The monoisotopic (exact) mass is 294 g/mol. The fraction of sp³-hybridized carbons (Fsp3) is 0.667. The average molecular weight is 294 g/mol. The van der Waals surface area contributed by atoms with Crippen LogP contribution in [0.4, 0.5) is 10.7 Å². The first kappa shape index (κ1) is 17.2. The van der Waals surface area contributed by atoms with Crippen molar-refractivity contribution in [3.05, 3.63) is 18.0 Å². The van der Waals surface area contributed by atoms with Crippen LogP contribution < -0.4 is 10.2 Å². The maximum Gasteiger partial charge on any atom is 0.407 e. The van der Waals surface area contributed by atoms with Crippen molar-refractivity contribution in [2.75, 3.05) is 25.0 Å². The van der Waals surface area contributed by atoms with Crippen LogP contribution in [0, 0.1) is 0 Å². The van der Waals surface area contributed by atoms with Crippen molar-refractivity contribution in [2.45, 2.75) is 46.1 Å². The molecule has 0 aliphatic rings. The van der Waals surface area contributed by atoms with Crippen LogP contribution >= 0.6 is 0 Å². The normalized spacial score (nSPS) is 11.4. The Morgan fingerprint density at radius 1 is 1.43 bits per heavy atom. The van der Waals surface area contributed by atoms with Crippen molar-refractivity contribution in [2.24, 2.45) is 0 Å². The standard InChI is InChI=1S/C15H26N4O2/c1-11(2)12-7-8-16-13(18-12)19(6)10-9-17-14(20)21-15(3,4)5/h7-8,11H,9-10H2,1-6H3,(H,17,20). The number of alkyl carbamates (subject to hydrolysis) is 1. The lowest BCUT2D eigenvalue weighted by Crippen LogP contribution is -2.37.